The maximum Gasteiger partial charge on any atom is 0.239 e. The quantitative estimate of drug-likeness (QED) is 0.687. The molecule has 66 valence electrons. The lowest BCUT2D eigenvalue weighted by Gasteiger charge is -2.61. The van der Waals surface area contributed by atoms with E-state index in [1.807, 2.05) is 17.1 Å². The van der Waals surface area contributed by atoms with Gasteiger partial charge in [0.1, 0.15) is 0 Å². The highest BCUT2D eigenvalue weighted by atomic mass is 79.9. The first kappa shape index (κ1) is 7.57. The fourth-order valence-electron chi connectivity index (χ4n) is 2.60. The molecule has 0 aromatic carbocycles. The van der Waals surface area contributed by atoms with Crippen molar-refractivity contribution in [3.8, 4) is 0 Å². The van der Waals surface area contributed by atoms with E-state index in [1.54, 1.807) is 0 Å². The van der Waals surface area contributed by atoms with Crippen molar-refractivity contribution in [3.05, 3.63) is 28.3 Å². The van der Waals surface area contributed by atoms with E-state index in [-0.39, 0.29) is 11.1 Å². The Morgan fingerprint density at radius 1 is 1.54 bits per heavy atom. The van der Waals surface area contributed by atoms with Gasteiger partial charge in [-0.1, -0.05) is 0 Å². The van der Waals surface area contributed by atoms with Crippen LogP contribution in [0.3, 0.4) is 0 Å². The molecule has 3 fully saturated rings. The molecular formula is C9H8BrN3. The standard InChI is InChI=1S/C9H8BrN3/c1-11-8-4-9(5-8,6-8)13-3-7(10)2-12-13/h2-3H,4-6H2. The SMILES string of the molecule is [C-]#[N+]C12CC(n3cc(Br)cn3)(C1)C2. The lowest BCUT2D eigenvalue weighted by atomic mass is 9.44. The second-order valence-electron chi connectivity index (χ2n) is 4.19. The van der Waals surface area contributed by atoms with Crippen LogP contribution in [-0.4, -0.2) is 15.3 Å². The molecule has 3 aliphatic rings. The van der Waals surface area contributed by atoms with Gasteiger partial charge in [0.15, 0.2) is 0 Å². The smallest absolute Gasteiger partial charge is 0.239 e. The minimum Gasteiger partial charge on any atom is -0.310 e. The van der Waals surface area contributed by atoms with Crippen molar-refractivity contribution in [1.29, 1.82) is 0 Å². The van der Waals surface area contributed by atoms with Crippen molar-refractivity contribution < 1.29 is 0 Å². The van der Waals surface area contributed by atoms with Crippen molar-refractivity contribution in [2.24, 2.45) is 0 Å². The van der Waals surface area contributed by atoms with E-state index in [0.29, 0.717) is 0 Å². The molecule has 0 N–H and O–H groups in total. The van der Waals surface area contributed by atoms with Crippen LogP contribution in [-0.2, 0) is 5.54 Å². The average Bonchev–Trinajstić information content (AvgIpc) is 2.31. The Morgan fingerprint density at radius 3 is 2.69 bits per heavy atom. The first-order chi connectivity index (χ1) is 6.18. The molecule has 0 radical (unpaired) electrons. The average molecular weight is 238 g/mol. The van der Waals surface area contributed by atoms with Crippen LogP contribution in [0, 0.1) is 6.57 Å². The van der Waals surface area contributed by atoms with Crippen LogP contribution in [0.15, 0.2) is 16.9 Å². The molecule has 0 unspecified atom stereocenters. The number of rotatable bonds is 1. The summed E-state index contributed by atoms with van der Waals surface area (Å²) < 4.78 is 3.04. The van der Waals surface area contributed by atoms with E-state index in [9.17, 15) is 0 Å². The number of halogens is 1. The molecular weight excluding hydrogens is 230 g/mol. The third kappa shape index (κ3) is 0.761. The summed E-state index contributed by atoms with van der Waals surface area (Å²) in [7, 11) is 0. The summed E-state index contributed by atoms with van der Waals surface area (Å²) in [6.07, 6.45) is 6.81. The Bertz CT molecular complexity index is 395. The van der Waals surface area contributed by atoms with E-state index >= 15 is 0 Å². The predicted octanol–water partition coefficient (Wildman–Crippen LogP) is 2.20. The Hall–Kier alpha value is -0.820. The highest BCUT2D eigenvalue weighted by Crippen LogP contribution is 2.67. The summed E-state index contributed by atoms with van der Waals surface area (Å²) in [5.41, 5.74) is 0.203. The van der Waals surface area contributed by atoms with Gasteiger partial charge in [0.25, 0.3) is 0 Å². The van der Waals surface area contributed by atoms with Gasteiger partial charge in [0.2, 0.25) is 5.54 Å². The largest absolute Gasteiger partial charge is 0.310 e. The van der Waals surface area contributed by atoms with Gasteiger partial charge >= 0.3 is 0 Å². The van der Waals surface area contributed by atoms with Crippen LogP contribution in [0.5, 0.6) is 0 Å². The fourth-order valence-corrected chi connectivity index (χ4v) is 2.89. The second kappa shape index (κ2) is 1.98. The zero-order chi connectivity index (χ0) is 9.10. The second-order valence-corrected chi connectivity index (χ2v) is 5.11. The van der Waals surface area contributed by atoms with E-state index in [2.05, 4.69) is 25.9 Å². The third-order valence-electron chi connectivity index (χ3n) is 3.25. The van der Waals surface area contributed by atoms with Crippen molar-refractivity contribution in [2.75, 3.05) is 0 Å². The van der Waals surface area contributed by atoms with Crippen molar-refractivity contribution in [2.45, 2.75) is 30.3 Å². The van der Waals surface area contributed by atoms with E-state index in [1.165, 1.54) is 0 Å². The molecule has 2 bridgehead atoms. The summed E-state index contributed by atoms with van der Waals surface area (Å²) in [4.78, 5) is 3.67. The Kier molecular flexibility index (Phi) is 1.15. The monoisotopic (exact) mass is 237 g/mol. The molecule has 3 aliphatic carbocycles. The van der Waals surface area contributed by atoms with E-state index in [0.717, 1.165) is 23.7 Å². The molecule has 0 amide bonds. The fraction of sp³-hybridized carbons (Fsp3) is 0.556. The summed E-state index contributed by atoms with van der Waals surface area (Å²) in [6.45, 7) is 7.04. The van der Waals surface area contributed by atoms with Gasteiger partial charge in [0, 0.05) is 6.20 Å². The maximum atomic E-state index is 7.04. The molecule has 3 nitrogen and oxygen atoms in total. The molecule has 1 aromatic rings. The Morgan fingerprint density at radius 2 is 2.23 bits per heavy atom. The minimum absolute atomic E-state index is 0.00156. The molecule has 1 aromatic heterocycles. The molecule has 1 heterocycles. The van der Waals surface area contributed by atoms with Crippen molar-refractivity contribution in [3.63, 3.8) is 0 Å². The molecule has 0 aliphatic heterocycles. The topological polar surface area (TPSA) is 22.2 Å². The van der Waals surface area contributed by atoms with E-state index in [4.69, 9.17) is 6.57 Å². The van der Waals surface area contributed by atoms with Gasteiger partial charge in [0.05, 0.1) is 35.5 Å². The van der Waals surface area contributed by atoms with Crippen molar-refractivity contribution in [1.82, 2.24) is 9.78 Å². The lowest BCUT2D eigenvalue weighted by Crippen LogP contribution is -2.70. The van der Waals surface area contributed by atoms with Gasteiger partial charge in [-0.25, -0.2) is 6.57 Å². The normalized spacial score (nSPS) is 40.3. The van der Waals surface area contributed by atoms with Gasteiger partial charge in [-0.2, -0.15) is 5.10 Å². The number of aromatic nitrogens is 2. The summed E-state index contributed by atoms with van der Waals surface area (Å²) in [6, 6.07) is 0. The number of hydrogen-bond donors (Lipinski definition) is 0. The summed E-state index contributed by atoms with van der Waals surface area (Å²) >= 11 is 3.38. The molecule has 0 atom stereocenters. The summed E-state index contributed by atoms with van der Waals surface area (Å²) in [5.74, 6) is 0. The highest BCUT2D eigenvalue weighted by Gasteiger charge is 2.76. The molecule has 0 spiro atoms. The maximum absolute atomic E-state index is 7.04. The molecule has 3 saturated carbocycles. The molecule has 0 saturated heterocycles. The zero-order valence-corrected chi connectivity index (χ0v) is 8.58. The van der Waals surface area contributed by atoms with Crippen LogP contribution >= 0.6 is 15.9 Å². The van der Waals surface area contributed by atoms with Crippen LogP contribution in [0.4, 0.5) is 0 Å². The Labute approximate surface area is 84.7 Å². The van der Waals surface area contributed by atoms with Gasteiger partial charge in [-0.05, 0) is 15.9 Å². The number of hydrogen-bond acceptors (Lipinski definition) is 1. The predicted molar refractivity (Wildman–Crippen MR) is 51.1 cm³/mol. The van der Waals surface area contributed by atoms with E-state index < -0.39 is 0 Å². The van der Waals surface area contributed by atoms with Gasteiger partial charge < -0.3 is 4.85 Å². The first-order valence-electron chi connectivity index (χ1n) is 4.27. The van der Waals surface area contributed by atoms with Gasteiger partial charge in [-0.3, -0.25) is 4.68 Å². The Balaban J connectivity index is 1.89. The van der Waals surface area contributed by atoms with Crippen LogP contribution < -0.4 is 0 Å². The van der Waals surface area contributed by atoms with Crippen molar-refractivity contribution >= 4 is 15.9 Å². The lowest BCUT2D eigenvalue weighted by molar-refractivity contribution is -0.0976. The van der Waals surface area contributed by atoms with Crippen LogP contribution in [0.2, 0.25) is 0 Å². The summed E-state index contributed by atoms with van der Waals surface area (Å²) in [5, 5.41) is 4.28. The molecule has 13 heavy (non-hydrogen) atoms. The van der Waals surface area contributed by atoms with Crippen LogP contribution in [0.1, 0.15) is 19.3 Å². The molecule has 4 heteroatoms. The third-order valence-corrected chi connectivity index (χ3v) is 3.66. The zero-order valence-electron chi connectivity index (χ0n) is 7.00. The first-order valence-corrected chi connectivity index (χ1v) is 5.07. The minimum atomic E-state index is -0.00156. The van der Waals surface area contributed by atoms with Gasteiger partial charge in [-0.15, -0.1) is 0 Å². The molecule has 4 rings (SSSR count). The highest BCUT2D eigenvalue weighted by molar-refractivity contribution is 9.10. The number of nitrogens with zero attached hydrogens (tertiary/aromatic N) is 3. The van der Waals surface area contributed by atoms with Crippen LogP contribution in [0.25, 0.3) is 4.85 Å².